The Morgan fingerprint density at radius 3 is 2.74 bits per heavy atom. The van der Waals surface area contributed by atoms with Crippen molar-refractivity contribution in [3.8, 4) is 0 Å². The Bertz CT molecular complexity index is 945. The third-order valence-electron chi connectivity index (χ3n) is 5.32. The van der Waals surface area contributed by atoms with Crippen molar-refractivity contribution in [2.75, 3.05) is 4.90 Å². The summed E-state index contributed by atoms with van der Waals surface area (Å²) in [6.07, 6.45) is 7.28. The quantitative estimate of drug-likeness (QED) is 0.608. The summed E-state index contributed by atoms with van der Waals surface area (Å²) in [5, 5.41) is 0.792. The number of amides is 1. The van der Waals surface area contributed by atoms with Gasteiger partial charge in [0.15, 0.2) is 5.13 Å². The number of carbonyl (C=O) groups excluding carboxylic acids is 1. The molecule has 5 heteroatoms. The summed E-state index contributed by atoms with van der Waals surface area (Å²) in [7, 11) is 0. The highest BCUT2D eigenvalue weighted by Gasteiger charge is 2.29. The van der Waals surface area contributed by atoms with E-state index >= 15 is 0 Å². The minimum absolute atomic E-state index is 0.109. The van der Waals surface area contributed by atoms with Gasteiger partial charge in [-0.1, -0.05) is 42.7 Å². The normalized spacial score (nSPS) is 15.2. The zero-order valence-electron chi connectivity index (χ0n) is 15.9. The Morgan fingerprint density at radius 2 is 2.00 bits per heavy atom. The van der Waals surface area contributed by atoms with E-state index in [9.17, 15) is 4.79 Å². The largest absolute Gasteiger partial charge is 0.282 e. The van der Waals surface area contributed by atoms with Gasteiger partial charge in [-0.15, -0.1) is 0 Å². The first kappa shape index (κ1) is 18.1. The number of pyridine rings is 1. The number of hydrogen-bond donors (Lipinski definition) is 0. The number of anilines is 1. The van der Waals surface area contributed by atoms with Gasteiger partial charge in [0.2, 0.25) is 5.91 Å². The lowest BCUT2D eigenvalue weighted by Crippen LogP contribution is -2.36. The van der Waals surface area contributed by atoms with Crippen LogP contribution >= 0.6 is 11.3 Å². The molecular formula is C22H25N3OS. The molecule has 0 saturated heterocycles. The van der Waals surface area contributed by atoms with Gasteiger partial charge in [-0.3, -0.25) is 14.7 Å². The van der Waals surface area contributed by atoms with Gasteiger partial charge in [-0.25, -0.2) is 4.98 Å². The van der Waals surface area contributed by atoms with Crippen molar-refractivity contribution in [1.82, 2.24) is 9.97 Å². The summed E-state index contributed by atoms with van der Waals surface area (Å²) >= 11 is 1.61. The zero-order chi connectivity index (χ0) is 18.8. The molecule has 1 aliphatic rings. The van der Waals surface area contributed by atoms with Crippen molar-refractivity contribution in [2.24, 2.45) is 5.92 Å². The Balaban J connectivity index is 1.72. The fraction of sp³-hybridized carbons (Fsp3) is 0.409. The number of fused-ring (bicyclic) bond motifs is 1. The van der Waals surface area contributed by atoms with Crippen LogP contribution in [0.3, 0.4) is 0 Å². The molecule has 0 radical (unpaired) electrons. The molecule has 2 heterocycles. The average molecular weight is 380 g/mol. The van der Waals surface area contributed by atoms with Crippen molar-refractivity contribution < 1.29 is 4.79 Å². The minimum Gasteiger partial charge on any atom is -0.282 e. The average Bonchev–Trinajstić information content (AvgIpc) is 3.11. The van der Waals surface area contributed by atoms with E-state index in [1.54, 1.807) is 17.5 Å². The number of carbonyl (C=O) groups is 1. The fourth-order valence-electron chi connectivity index (χ4n) is 3.94. The molecule has 3 aromatic rings. The first-order valence-electron chi connectivity index (χ1n) is 9.71. The number of nitrogens with zero attached hydrogens (tertiary/aromatic N) is 3. The molecule has 0 atom stereocenters. The van der Waals surface area contributed by atoms with Crippen LogP contribution in [0.5, 0.6) is 0 Å². The lowest BCUT2D eigenvalue weighted by Gasteiger charge is -2.27. The Morgan fingerprint density at radius 1 is 1.19 bits per heavy atom. The fourth-order valence-corrected chi connectivity index (χ4v) is 5.08. The Kier molecular flexibility index (Phi) is 5.21. The maximum Gasteiger partial charge on any atom is 0.232 e. The second-order valence-electron chi connectivity index (χ2n) is 7.51. The van der Waals surface area contributed by atoms with E-state index in [2.05, 4.69) is 31.0 Å². The third kappa shape index (κ3) is 3.88. The zero-order valence-corrected chi connectivity index (χ0v) is 16.8. The van der Waals surface area contributed by atoms with E-state index in [0.717, 1.165) is 52.3 Å². The molecule has 0 aliphatic heterocycles. The summed E-state index contributed by atoms with van der Waals surface area (Å²) in [6.45, 7) is 4.67. The summed E-state index contributed by atoms with van der Waals surface area (Å²) < 4.78 is 1.14. The molecule has 4 rings (SSSR count). The van der Waals surface area contributed by atoms with Crippen LogP contribution in [-0.2, 0) is 11.3 Å². The van der Waals surface area contributed by atoms with Crippen LogP contribution < -0.4 is 4.90 Å². The highest BCUT2D eigenvalue weighted by molar-refractivity contribution is 7.22. The SMILES string of the molecule is Cc1cc(C)c2nc(N(Cc3ccccn3)C(=O)C3CCCCC3)sc2c1. The second kappa shape index (κ2) is 7.77. The molecule has 1 fully saturated rings. The number of aryl methyl sites for hydroxylation is 2. The number of rotatable bonds is 4. The van der Waals surface area contributed by atoms with Crippen LogP contribution in [0.25, 0.3) is 10.2 Å². The number of benzene rings is 1. The van der Waals surface area contributed by atoms with Crippen LogP contribution in [0.1, 0.15) is 48.9 Å². The molecule has 1 amide bonds. The van der Waals surface area contributed by atoms with Gasteiger partial charge in [0, 0.05) is 12.1 Å². The third-order valence-corrected chi connectivity index (χ3v) is 6.34. The van der Waals surface area contributed by atoms with Crippen LogP contribution in [0.2, 0.25) is 0 Å². The number of aromatic nitrogens is 2. The molecule has 0 spiro atoms. The van der Waals surface area contributed by atoms with Crippen molar-refractivity contribution in [3.63, 3.8) is 0 Å². The summed E-state index contributed by atoms with van der Waals surface area (Å²) in [4.78, 5) is 24.6. The van der Waals surface area contributed by atoms with Gasteiger partial charge in [0.05, 0.1) is 22.5 Å². The highest BCUT2D eigenvalue weighted by atomic mass is 32.1. The molecule has 4 nitrogen and oxygen atoms in total. The Hall–Kier alpha value is -2.27. The molecule has 0 bridgehead atoms. The monoisotopic (exact) mass is 379 g/mol. The topological polar surface area (TPSA) is 46.1 Å². The number of hydrogen-bond acceptors (Lipinski definition) is 4. The lowest BCUT2D eigenvalue weighted by atomic mass is 9.88. The van der Waals surface area contributed by atoms with Crippen LogP contribution in [0, 0.1) is 19.8 Å². The van der Waals surface area contributed by atoms with Gasteiger partial charge in [0.25, 0.3) is 0 Å². The molecular weight excluding hydrogens is 354 g/mol. The molecule has 1 saturated carbocycles. The minimum atomic E-state index is 0.109. The van der Waals surface area contributed by atoms with Crippen molar-refractivity contribution in [2.45, 2.75) is 52.5 Å². The van der Waals surface area contributed by atoms with E-state index in [1.807, 2.05) is 23.1 Å². The van der Waals surface area contributed by atoms with Gasteiger partial charge in [-0.2, -0.15) is 0 Å². The standard InChI is InChI=1S/C22H25N3OS/c1-15-12-16(2)20-19(13-15)27-22(24-20)25(14-18-10-6-7-11-23-18)21(26)17-8-4-3-5-9-17/h6-7,10-13,17H,3-5,8-9,14H2,1-2H3. The highest BCUT2D eigenvalue weighted by Crippen LogP contribution is 2.35. The van der Waals surface area contributed by atoms with E-state index < -0.39 is 0 Å². The molecule has 1 aliphatic carbocycles. The first-order chi connectivity index (χ1) is 13.1. The predicted octanol–water partition coefficient (Wildman–Crippen LogP) is 5.42. The second-order valence-corrected chi connectivity index (χ2v) is 8.51. The first-order valence-corrected chi connectivity index (χ1v) is 10.5. The van der Waals surface area contributed by atoms with Crippen LogP contribution in [-0.4, -0.2) is 15.9 Å². The predicted molar refractivity (Wildman–Crippen MR) is 111 cm³/mol. The smallest absolute Gasteiger partial charge is 0.232 e. The molecule has 27 heavy (non-hydrogen) atoms. The molecule has 0 unspecified atom stereocenters. The molecule has 0 N–H and O–H groups in total. The maximum absolute atomic E-state index is 13.4. The number of thiazole rings is 1. The van der Waals surface area contributed by atoms with Gasteiger partial charge in [-0.05, 0) is 56.0 Å². The van der Waals surface area contributed by atoms with Crippen molar-refractivity contribution in [3.05, 3.63) is 53.3 Å². The van der Waals surface area contributed by atoms with E-state index in [4.69, 9.17) is 4.98 Å². The summed E-state index contributed by atoms with van der Waals surface area (Å²) in [5.74, 6) is 0.311. The van der Waals surface area contributed by atoms with Crippen LogP contribution in [0.4, 0.5) is 5.13 Å². The molecule has 1 aromatic carbocycles. The van der Waals surface area contributed by atoms with E-state index in [0.29, 0.717) is 6.54 Å². The van der Waals surface area contributed by atoms with Gasteiger partial charge >= 0.3 is 0 Å². The van der Waals surface area contributed by atoms with E-state index in [1.165, 1.54) is 12.0 Å². The van der Waals surface area contributed by atoms with Crippen molar-refractivity contribution >= 4 is 32.6 Å². The lowest BCUT2D eigenvalue weighted by molar-refractivity contribution is -0.123. The molecule has 2 aromatic heterocycles. The summed E-state index contributed by atoms with van der Waals surface area (Å²) in [5.41, 5.74) is 4.29. The Labute approximate surface area is 164 Å². The molecule has 140 valence electrons. The van der Waals surface area contributed by atoms with E-state index in [-0.39, 0.29) is 11.8 Å². The van der Waals surface area contributed by atoms with Crippen LogP contribution in [0.15, 0.2) is 36.5 Å². The summed E-state index contributed by atoms with van der Waals surface area (Å²) in [6, 6.07) is 10.2. The van der Waals surface area contributed by atoms with Crippen molar-refractivity contribution in [1.29, 1.82) is 0 Å². The maximum atomic E-state index is 13.4. The van der Waals surface area contributed by atoms with Gasteiger partial charge in [0.1, 0.15) is 0 Å². The van der Waals surface area contributed by atoms with Gasteiger partial charge < -0.3 is 0 Å².